The molecule has 7 aromatic rings. The normalized spacial score (nSPS) is 11.6. The van der Waals surface area contributed by atoms with E-state index in [2.05, 4.69) is 84.2 Å². The first kappa shape index (κ1) is 18.1. The van der Waals surface area contributed by atoms with E-state index in [9.17, 15) is 0 Å². The maximum Gasteiger partial charge on any atom is 0.158 e. The van der Waals surface area contributed by atoms with Crippen LogP contribution in [0.5, 0.6) is 0 Å². The molecule has 5 aromatic carbocycles. The van der Waals surface area contributed by atoms with Gasteiger partial charge in [-0.25, -0.2) is 0 Å². The molecule has 0 aliphatic rings. The standard InChI is InChI=1S/C30H19NO2/c1-2-8-19(9-3-1)21-11-6-12-24-25-13-7-14-26(30(25)33-29(21)24)31-20-16-17-23-22-10-4-5-15-27(22)32-28(23)18-20/h1-18,31H. The van der Waals surface area contributed by atoms with E-state index in [0.29, 0.717) is 0 Å². The monoisotopic (exact) mass is 425 g/mol. The first-order chi connectivity index (χ1) is 16.3. The van der Waals surface area contributed by atoms with Gasteiger partial charge in [-0.2, -0.15) is 0 Å². The SMILES string of the molecule is c1ccc(-c2cccc3c2oc2c(Nc4ccc5c(c4)oc4ccccc45)cccc23)cc1. The average molecular weight is 425 g/mol. The summed E-state index contributed by atoms with van der Waals surface area (Å²) in [5.74, 6) is 0. The molecule has 7 rings (SSSR count). The molecule has 1 N–H and O–H groups in total. The number of fused-ring (bicyclic) bond motifs is 6. The van der Waals surface area contributed by atoms with Crippen molar-refractivity contribution in [1.82, 2.24) is 0 Å². The number of furan rings is 2. The van der Waals surface area contributed by atoms with Crippen LogP contribution in [-0.4, -0.2) is 0 Å². The van der Waals surface area contributed by atoms with Gasteiger partial charge in [0.15, 0.2) is 5.58 Å². The van der Waals surface area contributed by atoms with E-state index in [1.54, 1.807) is 0 Å². The van der Waals surface area contributed by atoms with E-state index >= 15 is 0 Å². The third kappa shape index (κ3) is 2.83. The highest BCUT2D eigenvalue weighted by Crippen LogP contribution is 2.39. The molecular formula is C30H19NO2. The molecule has 33 heavy (non-hydrogen) atoms. The second-order valence-corrected chi connectivity index (χ2v) is 8.27. The van der Waals surface area contributed by atoms with Crippen LogP contribution >= 0.6 is 0 Å². The van der Waals surface area contributed by atoms with Crippen LogP contribution in [0.1, 0.15) is 0 Å². The summed E-state index contributed by atoms with van der Waals surface area (Å²) in [6.45, 7) is 0. The summed E-state index contributed by atoms with van der Waals surface area (Å²) in [6.07, 6.45) is 0. The smallest absolute Gasteiger partial charge is 0.158 e. The van der Waals surface area contributed by atoms with E-state index in [0.717, 1.165) is 66.4 Å². The lowest BCUT2D eigenvalue weighted by Crippen LogP contribution is -1.90. The lowest BCUT2D eigenvalue weighted by Gasteiger charge is -2.07. The molecule has 0 fully saturated rings. The van der Waals surface area contributed by atoms with Crippen molar-refractivity contribution in [3.63, 3.8) is 0 Å². The van der Waals surface area contributed by atoms with Gasteiger partial charge in [-0.05, 0) is 29.8 Å². The summed E-state index contributed by atoms with van der Waals surface area (Å²) in [4.78, 5) is 0. The van der Waals surface area contributed by atoms with Crippen molar-refractivity contribution in [2.75, 3.05) is 5.32 Å². The second-order valence-electron chi connectivity index (χ2n) is 8.27. The minimum absolute atomic E-state index is 0.848. The fourth-order valence-electron chi connectivity index (χ4n) is 4.72. The Bertz CT molecular complexity index is 1790. The number of anilines is 2. The molecule has 0 saturated carbocycles. The highest BCUT2D eigenvalue weighted by atomic mass is 16.3. The second kappa shape index (κ2) is 7.01. The fraction of sp³-hybridized carbons (Fsp3) is 0. The van der Waals surface area contributed by atoms with E-state index < -0.39 is 0 Å². The maximum absolute atomic E-state index is 6.49. The van der Waals surface area contributed by atoms with Gasteiger partial charge in [-0.15, -0.1) is 0 Å². The van der Waals surface area contributed by atoms with Crippen molar-refractivity contribution in [1.29, 1.82) is 0 Å². The molecule has 3 heteroatoms. The van der Waals surface area contributed by atoms with Gasteiger partial charge in [0.25, 0.3) is 0 Å². The number of nitrogens with one attached hydrogen (secondary N) is 1. The van der Waals surface area contributed by atoms with Crippen LogP contribution in [0, 0.1) is 0 Å². The van der Waals surface area contributed by atoms with E-state index in [-0.39, 0.29) is 0 Å². The Balaban J connectivity index is 1.37. The largest absolute Gasteiger partial charge is 0.456 e. The predicted octanol–water partition coefficient (Wildman–Crippen LogP) is 8.90. The van der Waals surface area contributed by atoms with Crippen molar-refractivity contribution in [2.24, 2.45) is 0 Å². The number of para-hydroxylation sites is 3. The molecule has 0 amide bonds. The van der Waals surface area contributed by atoms with Gasteiger partial charge >= 0.3 is 0 Å². The number of hydrogen-bond donors (Lipinski definition) is 1. The molecule has 0 aliphatic heterocycles. The summed E-state index contributed by atoms with van der Waals surface area (Å²) in [7, 11) is 0. The molecule has 2 aromatic heterocycles. The molecule has 0 radical (unpaired) electrons. The molecule has 0 atom stereocenters. The maximum atomic E-state index is 6.49. The van der Waals surface area contributed by atoms with Crippen LogP contribution in [0.2, 0.25) is 0 Å². The minimum Gasteiger partial charge on any atom is -0.456 e. The predicted molar refractivity (Wildman–Crippen MR) is 136 cm³/mol. The molecular weight excluding hydrogens is 406 g/mol. The Morgan fingerprint density at radius 1 is 0.485 bits per heavy atom. The average Bonchev–Trinajstić information content (AvgIpc) is 3.43. The van der Waals surface area contributed by atoms with Crippen molar-refractivity contribution < 1.29 is 8.83 Å². The molecule has 156 valence electrons. The zero-order chi connectivity index (χ0) is 21.8. The van der Waals surface area contributed by atoms with E-state index in [4.69, 9.17) is 8.83 Å². The third-order valence-corrected chi connectivity index (χ3v) is 6.27. The van der Waals surface area contributed by atoms with Crippen LogP contribution in [0.15, 0.2) is 118 Å². The van der Waals surface area contributed by atoms with Crippen molar-refractivity contribution in [3.05, 3.63) is 109 Å². The third-order valence-electron chi connectivity index (χ3n) is 6.27. The summed E-state index contributed by atoms with van der Waals surface area (Å²) >= 11 is 0. The van der Waals surface area contributed by atoms with Crippen molar-refractivity contribution >= 4 is 55.3 Å². The van der Waals surface area contributed by atoms with Crippen molar-refractivity contribution in [3.8, 4) is 11.1 Å². The van der Waals surface area contributed by atoms with Gasteiger partial charge < -0.3 is 14.2 Å². The van der Waals surface area contributed by atoms with Crippen LogP contribution in [0.25, 0.3) is 55.0 Å². The molecule has 0 bridgehead atoms. The van der Waals surface area contributed by atoms with E-state index in [1.807, 2.05) is 30.3 Å². The lowest BCUT2D eigenvalue weighted by molar-refractivity contribution is 0.668. The summed E-state index contributed by atoms with van der Waals surface area (Å²) < 4.78 is 12.6. The molecule has 2 heterocycles. The van der Waals surface area contributed by atoms with Crippen LogP contribution < -0.4 is 5.32 Å². The molecule has 0 spiro atoms. The van der Waals surface area contributed by atoms with Crippen LogP contribution in [0.4, 0.5) is 11.4 Å². The van der Waals surface area contributed by atoms with Gasteiger partial charge in [-0.1, -0.05) is 78.9 Å². The summed E-state index contributed by atoms with van der Waals surface area (Å²) in [5.41, 5.74) is 7.64. The quantitative estimate of drug-likeness (QED) is 0.307. The first-order valence-corrected chi connectivity index (χ1v) is 11.0. The highest BCUT2D eigenvalue weighted by molar-refractivity contribution is 6.13. The highest BCUT2D eigenvalue weighted by Gasteiger charge is 2.15. The first-order valence-electron chi connectivity index (χ1n) is 11.0. The number of hydrogen-bond acceptors (Lipinski definition) is 3. The van der Waals surface area contributed by atoms with Crippen LogP contribution in [-0.2, 0) is 0 Å². The molecule has 0 unspecified atom stereocenters. The zero-order valence-corrected chi connectivity index (χ0v) is 17.7. The summed E-state index contributed by atoms with van der Waals surface area (Å²) in [6, 6.07) is 37.3. The van der Waals surface area contributed by atoms with Gasteiger partial charge in [0.1, 0.15) is 16.7 Å². The number of rotatable bonds is 3. The molecule has 0 aliphatic carbocycles. The van der Waals surface area contributed by atoms with Gasteiger partial charge in [0, 0.05) is 38.9 Å². The molecule has 3 nitrogen and oxygen atoms in total. The fourth-order valence-corrected chi connectivity index (χ4v) is 4.72. The Labute approximate surface area is 189 Å². The topological polar surface area (TPSA) is 38.3 Å². The number of benzene rings is 5. The van der Waals surface area contributed by atoms with E-state index in [1.165, 1.54) is 0 Å². The Morgan fingerprint density at radius 3 is 2.12 bits per heavy atom. The lowest BCUT2D eigenvalue weighted by atomic mass is 10.0. The minimum atomic E-state index is 0.848. The Morgan fingerprint density at radius 2 is 1.21 bits per heavy atom. The Kier molecular flexibility index (Phi) is 3.84. The zero-order valence-electron chi connectivity index (χ0n) is 17.7. The Hall–Kier alpha value is -4.50. The van der Waals surface area contributed by atoms with Gasteiger partial charge in [0.05, 0.1) is 5.69 Å². The van der Waals surface area contributed by atoms with Crippen molar-refractivity contribution in [2.45, 2.75) is 0 Å². The summed E-state index contributed by atoms with van der Waals surface area (Å²) in [5, 5.41) is 8.01. The van der Waals surface area contributed by atoms with Gasteiger partial charge in [-0.3, -0.25) is 0 Å². The van der Waals surface area contributed by atoms with Gasteiger partial charge in [0.2, 0.25) is 0 Å². The van der Waals surface area contributed by atoms with Crippen LogP contribution in [0.3, 0.4) is 0 Å². The molecule has 0 saturated heterocycles.